The Morgan fingerprint density at radius 3 is 2.87 bits per heavy atom. The number of methoxy groups -OCH3 is 1. The van der Waals surface area contributed by atoms with Gasteiger partial charge in [-0.25, -0.2) is 9.38 Å². The number of amides is 2. The lowest BCUT2D eigenvalue weighted by atomic mass is 9.89. The van der Waals surface area contributed by atoms with Crippen molar-refractivity contribution < 1.29 is 18.7 Å². The van der Waals surface area contributed by atoms with Crippen molar-refractivity contribution in [2.24, 2.45) is 15.9 Å². The second kappa shape index (κ2) is 11.0. The zero-order valence-electron chi connectivity index (χ0n) is 21.3. The molecule has 3 aliphatic rings. The van der Waals surface area contributed by atoms with Gasteiger partial charge in [0, 0.05) is 49.8 Å². The number of amidine groups is 1. The molecular formula is C28H29FN6O3. The first kappa shape index (κ1) is 25.3. The number of nitrogens with one attached hydrogen (secondary N) is 3. The molecule has 0 spiro atoms. The predicted octanol–water partition coefficient (Wildman–Crippen LogP) is 2.75. The maximum Gasteiger partial charge on any atom is 0.251 e. The largest absolute Gasteiger partial charge is 0.494 e. The summed E-state index contributed by atoms with van der Waals surface area (Å²) >= 11 is 0. The third-order valence-corrected chi connectivity index (χ3v) is 6.75. The Morgan fingerprint density at radius 2 is 2.11 bits per heavy atom. The molecule has 2 aromatic carbocycles. The summed E-state index contributed by atoms with van der Waals surface area (Å²) < 4.78 is 19.3. The van der Waals surface area contributed by atoms with E-state index in [1.165, 1.54) is 13.2 Å². The molecule has 1 saturated heterocycles. The molecule has 3 N–H and O–H groups in total. The summed E-state index contributed by atoms with van der Waals surface area (Å²) in [5, 5.41) is 9.05. The summed E-state index contributed by atoms with van der Waals surface area (Å²) in [4.78, 5) is 35.3. The Bertz CT molecular complexity index is 1400. The van der Waals surface area contributed by atoms with Gasteiger partial charge in [-0.15, -0.1) is 0 Å². The number of aliphatic imine (C=N–C) groups is 2. The van der Waals surface area contributed by atoms with E-state index in [9.17, 15) is 14.0 Å². The van der Waals surface area contributed by atoms with Gasteiger partial charge < -0.3 is 20.7 Å². The molecule has 10 heteroatoms. The van der Waals surface area contributed by atoms with Gasteiger partial charge in [-0.1, -0.05) is 12.1 Å². The summed E-state index contributed by atoms with van der Waals surface area (Å²) in [6, 6.07) is 10.4. The van der Waals surface area contributed by atoms with E-state index < -0.39 is 5.82 Å². The molecule has 5 rings (SSSR count). The molecule has 38 heavy (non-hydrogen) atoms. The SMILES string of the molecule is COc1ccc(C2=CN=C3C(Nc4ccc(C(=O)NCCN5CCNC(=O)C5)c(C)c4)=NC=CC23)cc1F. The molecule has 196 valence electrons. The van der Waals surface area contributed by atoms with Crippen LogP contribution in [0.25, 0.3) is 5.57 Å². The van der Waals surface area contributed by atoms with Gasteiger partial charge >= 0.3 is 0 Å². The van der Waals surface area contributed by atoms with E-state index >= 15 is 0 Å². The minimum absolute atomic E-state index is 0.0103. The molecular weight excluding hydrogens is 487 g/mol. The number of hydrogen-bond donors (Lipinski definition) is 3. The van der Waals surface area contributed by atoms with Crippen LogP contribution in [0.4, 0.5) is 10.1 Å². The zero-order valence-corrected chi connectivity index (χ0v) is 21.3. The fourth-order valence-electron chi connectivity index (χ4n) is 4.75. The fraction of sp³-hybridized carbons (Fsp3) is 0.286. The molecule has 0 saturated carbocycles. The first-order valence-electron chi connectivity index (χ1n) is 12.4. The van der Waals surface area contributed by atoms with Gasteiger partial charge in [-0.05, 0) is 54.0 Å². The van der Waals surface area contributed by atoms with Gasteiger partial charge in [0.15, 0.2) is 17.4 Å². The minimum atomic E-state index is -0.426. The van der Waals surface area contributed by atoms with Crippen LogP contribution in [0.3, 0.4) is 0 Å². The number of fused-ring (bicyclic) bond motifs is 1. The van der Waals surface area contributed by atoms with Crippen LogP contribution in [-0.4, -0.2) is 68.1 Å². The van der Waals surface area contributed by atoms with Crippen LogP contribution in [0, 0.1) is 18.7 Å². The number of nitrogens with zero attached hydrogens (tertiary/aromatic N) is 3. The van der Waals surface area contributed by atoms with Gasteiger partial charge in [0.1, 0.15) is 0 Å². The zero-order chi connectivity index (χ0) is 26.6. The monoisotopic (exact) mass is 516 g/mol. The molecule has 0 radical (unpaired) electrons. The summed E-state index contributed by atoms with van der Waals surface area (Å²) in [5.74, 6) is 0.0648. The van der Waals surface area contributed by atoms with Crippen LogP contribution >= 0.6 is 0 Å². The molecule has 2 amide bonds. The van der Waals surface area contributed by atoms with E-state index in [2.05, 4.69) is 25.9 Å². The third-order valence-electron chi connectivity index (χ3n) is 6.75. The number of ether oxygens (including phenoxy) is 1. The number of carbonyl (C=O) groups excluding carboxylic acids is 2. The number of halogens is 1. The highest BCUT2D eigenvalue weighted by atomic mass is 19.1. The molecule has 0 aliphatic carbocycles. The maximum atomic E-state index is 14.3. The molecule has 3 aliphatic heterocycles. The van der Waals surface area contributed by atoms with E-state index in [0.29, 0.717) is 37.6 Å². The van der Waals surface area contributed by atoms with E-state index in [1.807, 2.05) is 36.1 Å². The summed E-state index contributed by atoms with van der Waals surface area (Å²) in [6.07, 6.45) is 5.38. The van der Waals surface area contributed by atoms with Gasteiger partial charge in [0.25, 0.3) is 5.91 Å². The van der Waals surface area contributed by atoms with Gasteiger partial charge in [-0.2, -0.15) is 0 Å². The minimum Gasteiger partial charge on any atom is -0.494 e. The molecule has 0 aromatic heterocycles. The average molecular weight is 517 g/mol. The van der Waals surface area contributed by atoms with Crippen LogP contribution in [0.1, 0.15) is 21.5 Å². The maximum absolute atomic E-state index is 14.3. The molecule has 1 fully saturated rings. The van der Waals surface area contributed by atoms with E-state index in [-0.39, 0.29) is 23.5 Å². The van der Waals surface area contributed by atoms with Crippen molar-refractivity contribution in [2.75, 3.05) is 45.2 Å². The number of benzene rings is 2. The van der Waals surface area contributed by atoms with Gasteiger partial charge in [0.05, 0.1) is 25.3 Å². The number of rotatable bonds is 7. The third kappa shape index (κ3) is 5.35. The van der Waals surface area contributed by atoms with Gasteiger partial charge in [0.2, 0.25) is 5.91 Å². The smallest absolute Gasteiger partial charge is 0.251 e. The van der Waals surface area contributed by atoms with E-state index in [1.54, 1.807) is 24.5 Å². The second-order valence-corrected chi connectivity index (χ2v) is 9.28. The Hall–Kier alpha value is -4.31. The summed E-state index contributed by atoms with van der Waals surface area (Å²) in [7, 11) is 1.44. The molecule has 1 unspecified atom stereocenters. The van der Waals surface area contributed by atoms with Crippen LogP contribution in [-0.2, 0) is 4.79 Å². The Balaban J connectivity index is 1.20. The quantitative estimate of drug-likeness (QED) is 0.525. The molecule has 3 heterocycles. The Morgan fingerprint density at radius 1 is 1.24 bits per heavy atom. The number of piperazine rings is 1. The highest BCUT2D eigenvalue weighted by Crippen LogP contribution is 2.34. The van der Waals surface area contributed by atoms with Crippen molar-refractivity contribution in [3.05, 3.63) is 77.4 Å². The standard InChI is InChI=1S/C28H29FN6O3/c1-17-13-19(4-5-20(17)28(37)32-10-12-35-11-9-30-25(36)16-35)34-27-26-21(7-8-31-27)22(15-33-26)18-3-6-24(38-2)23(29)14-18/h3-8,13-15,21H,9-12,16H2,1-2H3,(H,30,36)(H,31,34)(H,32,37). The number of anilines is 1. The Labute approximate surface area is 220 Å². The number of carbonyl (C=O) groups is 2. The van der Waals surface area contributed by atoms with Crippen LogP contribution in [0.15, 0.2) is 64.9 Å². The lowest BCUT2D eigenvalue weighted by Gasteiger charge is -2.26. The topological polar surface area (TPSA) is 107 Å². The predicted molar refractivity (Wildman–Crippen MR) is 145 cm³/mol. The highest BCUT2D eigenvalue weighted by Gasteiger charge is 2.30. The van der Waals surface area contributed by atoms with Crippen molar-refractivity contribution in [3.63, 3.8) is 0 Å². The number of aryl methyl sites for hydroxylation is 1. The number of allylic oxidation sites excluding steroid dienone is 2. The van der Waals surface area contributed by atoms with Crippen LogP contribution in [0.5, 0.6) is 5.75 Å². The average Bonchev–Trinajstić information content (AvgIpc) is 3.34. The van der Waals surface area contributed by atoms with Crippen molar-refractivity contribution in [2.45, 2.75) is 6.92 Å². The van der Waals surface area contributed by atoms with Crippen molar-refractivity contribution in [1.29, 1.82) is 0 Å². The first-order chi connectivity index (χ1) is 18.4. The second-order valence-electron chi connectivity index (χ2n) is 9.28. The van der Waals surface area contributed by atoms with Crippen LogP contribution in [0.2, 0.25) is 0 Å². The van der Waals surface area contributed by atoms with Crippen LogP contribution < -0.4 is 20.7 Å². The normalized spacial score (nSPS) is 18.7. The lowest BCUT2D eigenvalue weighted by Crippen LogP contribution is -2.49. The molecule has 9 nitrogen and oxygen atoms in total. The molecule has 0 bridgehead atoms. The Kier molecular flexibility index (Phi) is 7.32. The fourth-order valence-corrected chi connectivity index (χ4v) is 4.75. The van der Waals surface area contributed by atoms with Crippen molar-refractivity contribution >= 4 is 34.6 Å². The molecule has 2 aromatic rings. The summed E-state index contributed by atoms with van der Waals surface area (Å²) in [6.45, 7) is 4.73. The van der Waals surface area contributed by atoms with Crippen molar-refractivity contribution in [1.82, 2.24) is 15.5 Å². The van der Waals surface area contributed by atoms with Gasteiger partial charge in [-0.3, -0.25) is 19.5 Å². The lowest BCUT2D eigenvalue weighted by molar-refractivity contribution is -0.124. The summed E-state index contributed by atoms with van der Waals surface area (Å²) in [5.41, 5.74) is 4.52. The van der Waals surface area contributed by atoms with E-state index in [0.717, 1.165) is 34.6 Å². The highest BCUT2D eigenvalue weighted by molar-refractivity contribution is 6.49. The van der Waals surface area contributed by atoms with Crippen molar-refractivity contribution in [3.8, 4) is 5.75 Å². The molecule has 1 atom stereocenters. The first-order valence-corrected chi connectivity index (χ1v) is 12.4. The number of hydrogen-bond acceptors (Lipinski definition) is 7. The van der Waals surface area contributed by atoms with E-state index in [4.69, 9.17) is 4.74 Å².